The van der Waals surface area contributed by atoms with Crippen LogP contribution in [0.1, 0.15) is 36.9 Å². The Balaban J connectivity index is 2.08. The van der Waals surface area contributed by atoms with Gasteiger partial charge in [-0.3, -0.25) is 4.79 Å². The molecule has 0 unspecified atom stereocenters. The first-order chi connectivity index (χ1) is 8.00. The van der Waals surface area contributed by atoms with Crippen LogP contribution in [0.5, 0.6) is 0 Å². The van der Waals surface area contributed by atoms with Gasteiger partial charge in [-0.25, -0.2) is 0 Å². The molecule has 2 nitrogen and oxygen atoms in total. The monoisotopic (exact) mass is 249 g/mol. The third-order valence-electron chi connectivity index (χ3n) is 3.21. The van der Waals surface area contributed by atoms with Crippen LogP contribution in [-0.2, 0) is 0 Å². The Morgan fingerprint density at radius 2 is 2.12 bits per heavy atom. The highest BCUT2D eigenvalue weighted by atomic mass is 32.1. The van der Waals surface area contributed by atoms with Crippen molar-refractivity contribution >= 4 is 22.6 Å². The number of anilines is 1. The van der Waals surface area contributed by atoms with E-state index >= 15 is 0 Å². The van der Waals surface area contributed by atoms with Crippen molar-refractivity contribution < 1.29 is 4.79 Å². The van der Waals surface area contributed by atoms with E-state index in [0.29, 0.717) is 0 Å². The lowest BCUT2D eigenvalue weighted by Gasteiger charge is -2.32. The third kappa shape index (κ3) is 2.78. The molecular weight excluding hydrogens is 230 g/mol. The predicted molar refractivity (Wildman–Crippen MR) is 74.1 cm³/mol. The molecule has 17 heavy (non-hydrogen) atoms. The number of hydrogen-bond acceptors (Lipinski definition) is 3. The second kappa shape index (κ2) is 4.65. The summed E-state index contributed by atoms with van der Waals surface area (Å²) >= 11 is 1.58. The molecule has 1 aromatic heterocycles. The maximum absolute atomic E-state index is 10.7. The quantitative estimate of drug-likeness (QED) is 0.588. The number of aldehydes is 1. The van der Waals surface area contributed by atoms with Crippen LogP contribution in [0.15, 0.2) is 23.8 Å². The second-order valence-electron chi connectivity index (χ2n) is 5.47. The smallest absolute Gasteiger partial charge is 0.160 e. The molecule has 0 atom stereocenters. The van der Waals surface area contributed by atoms with Crippen molar-refractivity contribution in [3.05, 3.63) is 28.7 Å². The van der Waals surface area contributed by atoms with Crippen molar-refractivity contribution in [3.63, 3.8) is 0 Å². The first-order valence-electron chi connectivity index (χ1n) is 6.00. The summed E-state index contributed by atoms with van der Waals surface area (Å²) in [5.41, 5.74) is 1.83. The molecular formula is C14H19NOS. The van der Waals surface area contributed by atoms with Crippen LogP contribution >= 0.6 is 11.3 Å². The van der Waals surface area contributed by atoms with E-state index in [1.165, 1.54) is 5.00 Å². The van der Waals surface area contributed by atoms with Crippen LogP contribution in [0.2, 0.25) is 0 Å². The van der Waals surface area contributed by atoms with Gasteiger partial charge in [-0.1, -0.05) is 32.4 Å². The largest absolute Gasteiger partial charge is 0.359 e. The number of thiophene rings is 1. The molecule has 2 rings (SSSR count). The van der Waals surface area contributed by atoms with Gasteiger partial charge in [0.15, 0.2) is 6.29 Å². The van der Waals surface area contributed by atoms with Gasteiger partial charge in [-0.15, -0.1) is 11.3 Å². The zero-order valence-corrected chi connectivity index (χ0v) is 11.5. The number of nitrogens with zero attached hydrogens (tertiary/aromatic N) is 1. The molecule has 0 radical (unpaired) electrons. The summed E-state index contributed by atoms with van der Waals surface area (Å²) in [5, 5.41) is 1.20. The van der Waals surface area contributed by atoms with E-state index < -0.39 is 0 Å². The van der Waals surface area contributed by atoms with Crippen molar-refractivity contribution in [3.8, 4) is 0 Å². The summed E-state index contributed by atoms with van der Waals surface area (Å²) in [4.78, 5) is 13.8. The molecule has 0 saturated carbocycles. The summed E-state index contributed by atoms with van der Waals surface area (Å²) in [5.74, 6) is 0. The van der Waals surface area contributed by atoms with E-state index in [4.69, 9.17) is 0 Å². The topological polar surface area (TPSA) is 20.3 Å². The summed E-state index contributed by atoms with van der Waals surface area (Å²) in [6, 6.07) is 3.94. The molecule has 0 N–H and O–H groups in total. The third-order valence-corrected chi connectivity index (χ3v) is 4.28. The number of carbonyl (C=O) groups is 1. The zero-order valence-electron chi connectivity index (χ0n) is 10.7. The minimum atomic E-state index is 0.287. The molecule has 0 amide bonds. The maximum atomic E-state index is 10.7. The van der Waals surface area contributed by atoms with Crippen molar-refractivity contribution in [2.24, 2.45) is 5.41 Å². The SMILES string of the molecule is CC(C)(C)C1=CCN(c2ccc(C=O)s2)CC1. The van der Waals surface area contributed by atoms with Crippen LogP contribution in [-0.4, -0.2) is 19.4 Å². The van der Waals surface area contributed by atoms with Crippen molar-refractivity contribution in [1.82, 2.24) is 0 Å². The molecule has 0 bridgehead atoms. The zero-order chi connectivity index (χ0) is 12.5. The fourth-order valence-corrected chi connectivity index (χ4v) is 2.98. The highest BCUT2D eigenvalue weighted by molar-refractivity contribution is 7.17. The second-order valence-corrected chi connectivity index (χ2v) is 6.56. The minimum Gasteiger partial charge on any atom is -0.359 e. The standard InChI is InChI=1S/C14H19NOS/c1-14(2,3)11-6-8-15(9-7-11)13-5-4-12(10-16)17-13/h4-6,10H,7-9H2,1-3H3. The molecule has 0 spiro atoms. The Morgan fingerprint density at radius 3 is 2.59 bits per heavy atom. The van der Waals surface area contributed by atoms with Gasteiger partial charge in [0.1, 0.15) is 0 Å². The maximum Gasteiger partial charge on any atom is 0.160 e. The van der Waals surface area contributed by atoms with Crippen LogP contribution < -0.4 is 4.90 Å². The van der Waals surface area contributed by atoms with Crippen LogP contribution in [0, 0.1) is 5.41 Å². The first kappa shape index (κ1) is 12.4. The Labute approximate surface area is 107 Å². The van der Waals surface area contributed by atoms with E-state index in [2.05, 4.69) is 31.7 Å². The van der Waals surface area contributed by atoms with Gasteiger partial charge >= 0.3 is 0 Å². The fourth-order valence-electron chi connectivity index (χ4n) is 2.13. The number of hydrogen-bond donors (Lipinski definition) is 0. The summed E-state index contributed by atoms with van der Waals surface area (Å²) in [6.07, 6.45) is 4.39. The summed E-state index contributed by atoms with van der Waals surface area (Å²) in [6.45, 7) is 8.83. The number of rotatable bonds is 2. The van der Waals surface area contributed by atoms with Crippen LogP contribution in [0.25, 0.3) is 0 Å². The van der Waals surface area contributed by atoms with Crippen molar-refractivity contribution in [1.29, 1.82) is 0 Å². The van der Waals surface area contributed by atoms with Crippen molar-refractivity contribution in [2.45, 2.75) is 27.2 Å². The van der Waals surface area contributed by atoms with Gasteiger partial charge < -0.3 is 4.90 Å². The van der Waals surface area contributed by atoms with Gasteiger partial charge in [0.25, 0.3) is 0 Å². The first-order valence-corrected chi connectivity index (χ1v) is 6.82. The van der Waals surface area contributed by atoms with Crippen LogP contribution in [0.4, 0.5) is 5.00 Å². The molecule has 0 aromatic carbocycles. The Kier molecular flexibility index (Phi) is 3.38. The van der Waals surface area contributed by atoms with Gasteiger partial charge in [0.05, 0.1) is 9.88 Å². The van der Waals surface area contributed by atoms with E-state index in [1.807, 2.05) is 12.1 Å². The fraction of sp³-hybridized carbons (Fsp3) is 0.500. The van der Waals surface area contributed by atoms with E-state index in [1.54, 1.807) is 16.9 Å². The minimum absolute atomic E-state index is 0.287. The molecule has 1 aliphatic heterocycles. The predicted octanol–water partition coefficient (Wildman–Crippen LogP) is 3.74. The Morgan fingerprint density at radius 1 is 1.35 bits per heavy atom. The molecule has 2 heterocycles. The highest BCUT2D eigenvalue weighted by Crippen LogP contribution is 2.33. The lowest BCUT2D eigenvalue weighted by Crippen LogP contribution is -2.30. The summed E-state index contributed by atoms with van der Waals surface area (Å²) < 4.78 is 0. The van der Waals surface area contributed by atoms with Crippen LogP contribution in [0.3, 0.4) is 0 Å². The van der Waals surface area contributed by atoms with Gasteiger partial charge in [0, 0.05) is 13.1 Å². The Bertz CT molecular complexity index is 439. The molecule has 0 aliphatic carbocycles. The molecule has 0 fully saturated rings. The van der Waals surface area contributed by atoms with Crippen molar-refractivity contribution in [2.75, 3.05) is 18.0 Å². The van der Waals surface area contributed by atoms with E-state index in [0.717, 1.165) is 30.7 Å². The van der Waals surface area contributed by atoms with E-state index in [9.17, 15) is 4.79 Å². The lowest BCUT2D eigenvalue weighted by atomic mass is 9.83. The number of carbonyl (C=O) groups excluding carboxylic acids is 1. The Hall–Kier alpha value is -1.09. The molecule has 92 valence electrons. The van der Waals surface area contributed by atoms with Gasteiger partial charge in [-0.05, 0) is 24.0 Å². The lowest BCUT2D eigenvalue weighted by molar-refractivity contribution is 0.112. The van der Waals surface area contributed by atoms with Gasteiger partial charge in [0.2, 0.25) is 0 Å². The molecule has 0 saturated heterocycles. The molecule has 3 heteroatoms. The summed E-state index contributed by atoms with van der Waals surface area (Å²) in [7, 11) is 0. The normalized spacial score (nSPS) is 16.9. The molecule has 1 aromatic rings. The van der Waals surface area contributed by atoms with Gasteiger partial charge in [-0.2, -0.15) is 0 Å². The average molecular weight is 249 g/mol. The highest BCUT2D eigenvalue weighted by Gasteiger charge is 2.21. The average Bonchev–Trinajstić information content (AvgIpc) is 2.76. The van der Waals surface area contributed by atoms with E-state index in [-0.39, 0.29) is 5.41 Å². The molecule has 1 aliphatic rings.